The minimum atomic E-state index is -3.09. The Bertz CT molecular complexity index is 1710. The van der Waals surface area contributed by atoms with Crippen molar-refractivity contribution in [2.45, 2.75) is 38.0 Å². The monoisotopic (exact) mass is 562 g/mol. The molecule has 4 aromatic rings. The van der Waals surface area contributed by atoms with E-state index in [1.807, 2.05) is 18.2 Å². The molecule has 11 heteroatoms. The average Bonchev–Trinajstić information content (AvgIpc) is 3.29. The van der Waals surface area contributed by atoms with Gasteiger partial charge in [-0.05, 0) is 60.1 Å². The smallest absolute Gasteiger partial charge is 0.222 e. The van der Waals surface area contributed by atoms with Gasteiger partial charge in [0.15, 0.2) is 0 Å². The molecule has 1 fully saturated rings. The Kier molecular flexibility index (Phi) is 6.17. The molecule has 2 aliphatic rings. The first kappa shape index (κ1) is 26.4. The van der Waals surface area contributed by atoms with Crippen molar-refractivity contribution in [1.29, 1.82) is 0 Å². The number of hydrogen-bond acceptors (Lipinski definition) is 8. The fourth-order valence-electron chi connectivity index (χ4n) is 6.49. The minimum Gasteiger partial charge on any atom is -0.353 e. The second-order valence-corrected chi connectivity index (χ2v) is 13.4. The second kappa shape index (κ2) is 9.36. The lowest BCUT2D eigenvalue weighted by Crippen LogP contribution is -2.37. The van der Waals surface area contributed by atoms with Crippen LogP contribution in [0.1, 0.15) is 49.6 Å². The van der Waals surface area contributed by atoms with E-state index in [9.17, 15) is 17.2 Å². The highest BCUT2D eigenvalue weighted by Gasteiger charge is 2.65. The first-order chi connectivity index (χ1) is 19.0. The van der Waals surface area contributed by atoms with Crippen molar-refractivity contribution in [1.82, 2.24) is 25.1 Å². The Morgan fingerprint density at radius 2 is 1.70 bits per heavy atom. The van der Waals surface area contributed by atoms with E-state index < -0.39 is 26.9 Å². The summed E-state index contributed by atoms with van der Waals surface area (Å²) < 4.78 is 51.8. The lowest BCUT2D eigenvalue weighted by Gasteiger charge is -2.37. The molecule has 0 spiro atoms. The van der Waals surface area contributed by atoms with E-state index in [1.54, 1.807) is 18.5 Å². The molecule has 3 heterocycles. The third-order valence-corrected chi connectivity index (χ3v) is 9.44. The molecule has 2 bridgehead atoms. The van der Waals surface area contributed by atoms with Gasteiger partial charge in [0, 0.05) is 30.8 Å². The van der Waals surface area contributed by atoms with Gasteiger partial charge in [-0.3, -0.25) is 4.98 Å². The summed E-state index contributed by atoms with van der Waals surface area (Å²) in [6.07, 6.45) is 6.21. The van der Waals surface area contributed by atoms with Crippen LogP contribution >= 0.6 is 0 Å². The highest BCUT2D eigenvalue weighted by atomic mass is 32.2. The number of sulfone groups is 1. The first-order valence-corrected chi connectivity index (χ1v) is 15.1. The summed E-state index contributed by atoms with van der Waals surface area (Å²) in [5.74, 6) is -0.873. The summed E-state index contributed by atoms with van der Waals surface area (Å²) in [7, 11) is -3.09. The number of aromatic nitrogens is 5. The van der Waals surface area contributed by atoms with Crippen LogP contribution in [0.3, 0.4) is 0 Å². The van der Waals surface area contributed by atoms with E-state index in [-0.39, 0.29) is 34.9 Å². The number of halogens is 2. The van der Waals surface area contributed by atoms with Crippen molar-refractivity contribution in [3.63, 3.8) is 0 Å². The zero-order valence-corrected chi connectivity index (χ0v) is 23.1. The van der Waals surface area contributed by atoms with E-state index >= 15 is 0 Å². The molecule has 0 saturated heterocycles. The van der Waals surface area contributed by atoms with E-state index in [1.165, 1.54) is 24.5 Å². The minimum absolute atomic E-state index is 0.0122. The molecule has 2 atom stereocenters. The fraction of sp³-hybridized carbons (Fsp3) is 0.345. The Morgan fingerprint density at radius 1 is 1.00 bits per heavy atom. The molecule has 8 nitrogen and oxygen atoms in total. The predicted molar refractivity (Wildman–Crippen MR) is 147 cm³/mol. The molecule has 2 aliphatic carbocycles. The van der Waals surface area contributed by atoms with Crippen LogP contribution in [0.15, 0.2) is 54.9 Å². The lowest BCUT2D eigenvalue weighted by molar-refractivity contribution is 0.243. The van der Waals surface area contributed by atoms with Crippen LogP contribution in [-0.4, -0.2) is 52.1 Å². The molecule has 40 heavy (non-hydrogen) atoms. The number of nitrogens with zero attached hydrogens (tertiary/aromatic N) is 5. The third-order valence-electron chi connectivity index (χ3n) is 8.49. The van der Waals surface area contributed by atoms with E-state index in [0.29, 0.717) is 17.2 Å². The van der Waals surface area contributed by atoms with Gasteiger partial charge in [0.05, 0.1) is 39.5 Å². The van der Waals surface area contributed by atoms with Gasteiger partial charge in [-0.2, -0.15) is 5.10 Å². The van der Waals surface area contributed by atoms with Crippen molar-refractivity contribution in [2.75, 3.05) is 23.9 Å². The molecule has 1 aromatic carbocycles. The lowest BCUT2D eigenvalue weighted by atomic mass is 9.66. The maximum absolute atomic E-state index is 14.6. The molecule has 0 unspecified atom stereocenters. The van der Waals surface area contributed by atoms with Gasteiger partial charge in [0.25, 0.3) is 0 Å². The van der Waals surface area contributed by atoms with E-state index in [2.05, 4.69) is 39.3 Å². The second-order valence-electron chi connectivity index (χ2n) is 11.1. The highest BCUT2D eigenvalue weighted by Crippen LogP contribution is 2.69. The maximum Gasteiger partial charge on any atom is 0.222 e. The Hall–Kier alpha value is -3.86. The summed E-state index contributed by atoms with van der Waals surface area (Å²) in [5, 5.41) is 11.8. The number of rotatable bonds is 7. The van der Waals surface area contributed by atoms with E-state index in [0.717, 1.165) is 29.8 Å². The van der Waals surface area contributed by atoms with Gasteiger partial charge in [-0.15, -0.1) is 5.10 Å². The molecule has 0 amide bonds. The number of benzene rings is 1. The highest BCUT2D eigenvalue weighted by molar-refractivity contribution is 7.90. The summed E-state index contributed by atoms with van der Waals surface area (Å²) in [6.45, 7) is 4.62. The number of anilines is 1. The summed E-state index contributed by atoms with van der Waals surface area (Å²) in [5.41, 5.74) is 3.28. The van der Waals surface area contributed by atoms with Crippen molar-refractivity contribution in [3.05, 3.63) is 83.4 Å². The van der Waals surface area contributed by atoms with Crippen LogP contribution < -0.4 is 5.32 Å². The first-order valence-electron chi connectivity index (χ1n) is 13.1. The molecule has 3 aromatic heterocycles. The number of nitrogens with one attached hydrogen (secondary N) is 1. The predicted octanol–water partition coefficient (Wildman–Crippen LogP) is 4.93. The summed E-state index contributed by atoms with van der Waals surface area (Å²) in [6, 6.07) is 11.4. The van der Waals surface area contributed by atoms with Crippen LogP contribution in [0.25, 0.3) is 22.5 Å². The molecule has 1 N–H and O–H groups in total. The van der Waals surface area contributed by atoms with Gasteiger partial charge >= 0.3 is 0 Å². The van der Waals surface area contributed by atoms with Gasteiger partial charge in [-0.1, -0.05) is 26.0 Å². The Morgan fingerprint density at radius 3 is 2.40 bits per heavy atom. The molecule has 6 rings (SSSR count). The van der Waals surface area contributed by atoms with Crippen molar-refractivity contribution in [2.24, 2.45) is 5.41 Å². The van der Waals surface area contributed by atoms with Crippen molar-refractivity contribution in [3.8, 4) is 22.5 Å². The fourth-order valence-corrected chi connectivity index (χ4v) is 6.96. The van der Waals surface area contributed by atoms with Crippen molar-refractivity contribution < 1.29 is 17.2 Å². The third kappa shape index (κ3) is 4.14. The van der Waals surface area contributed by atoms with Gasteiger partial charge < -0.3 is 5.32 Å². The van der Waals surface area contributed by atoms with Crippen LogP contribution in [0, 0.1) is 17.0 Å². The number of fused-ring (bicyclic) bond motifs is 5. The normalized spacial score (nSPS) is 20.9. The Balaban J connectivity index is 1.35. The topological polar surface area (TPSA) is 111 Å². The number of pyridine rings is 1. The van der Waals surface area contributed by atoms with E-state index in [4.69, 9.17) is 4.98 Å². The molecule has 0 aliphatic heterocycles. The van der Waals surface area contributed by atoms with Gasteiger partial charge in [-0.25, -0.2) is 27.2 Å². The molecule has 206 valence electrons. The van der Waals surface area contributed by atoms with Gasteiger partial charge in [0.2, 0.25) is 5.95 Å². The van der Waals surface area contributed by atoms with Crippen LogP contribution in [0.5, 0.6) is 0 Å². The zero-order chi connectivity index (χ0) is 28.3. The van der Waals surface area contributed by atoms with Crippen LogP contribution in [-0.2, 0) is 15.3 Å². The summed E-state index contributed by atoms with van der Waals surface area (Å²) >= 11 is 0. The quantitative estimate of drug-likeness (QED) is 0.338. The van der Waals surface area contributed by atoms with Crippen LogP contribution in [0.4, 0.5) is 14.7 Å². The molecule has 1 saturated carbocycles. The number of hydrogen-bond donors (Lipinski definition) is 1. The average molecular weight is 563 g/mol. The van der Waals surface area contributed by atoms with Crippen LogP contribution in [0.2, 0.25) is 0 Å². The largest absolute Gasteiger partial charge is 0.353 e. The zero-order valence-electron chi connectivity index (χ0n) is 22.3. The Labute approximate surface area is 231 Å². The maximum atomic E-state index is 14.6. The van der Waals surface area contributed by atoms with Crippen molar-refractivity contribution >= 4 is 15.8 Å². The van der Waals surface area contributed by atoms with Gasteiger partial charge in [0.1, 0.15) is 21.5 Å². The standard InChI is InChI=1S/C29H28F2N6O2S/c1-28(2)19-10-11-29(28,26-18(19)14-23(36-37-26)25-20(30)6-4-7-21(25)31)24-9-5-8-22(35-24)17-15-33-27(34-16-17)32-12-13-40(3,38)39/h4-9,14-16,19H,10-13H2,1-3H3,(H,32,33,34)/t19-,29-/m0/s1. The summed E-state index contributed by atoms with van der Waals surface area (Å²) in [4.78, 5) is 13.7. The molecule has 0 radical (unpaired) electrons. The SMILES string of the molecule is CC1(C)[C@H]2CC[C@]1(c1cccc(-c3cnc(NCCS(C)(=O)=O)nc3)n1)c1nnc(-c3c(F)cccc3F)cc12. The molecular weight excluding hydrogens is 534 g/mol. The molecular formula is C29H28F2N6O2S.